The lowest BCUT2D eigenvalue weighted by Gasteiger charge is -2.52. The number of benzene rings is 5. The predicted molar refractivity (Wildman–Crippen MR) is 314 cm³/mol. The molecule has 0 aliphatic carbocycles. The van der Waals surface area contributed by atoms with Gasteiger partial charge >= 0.3 is 0 Å². The zero-order valence-corrected chi connectivity index (χ0v) is 49.9. The molecule has 1 spiro atoms. The molecule has 5 heterocycles. The molecule has 0 bridgehead atoms. The highest BCUT2D eigenvalue weighted by Crippen LogP contribution is 2.45. The van der Waals surface area contributed by atoms with E-state index < -0.39 is 112 Å². The summed E-state index contributed by atoms with van der Waals surface area (Å²) < 4.78 is 94.3. The number of carbonyl (C=O) groups excluding carboxylic acids is 1. The fraction of sp³-hybridized carbons (Fsp3) is 0.470. The number of hydrogen-bond donors (Lipinski definition) is 3. The fourth-order valence-electron chi connectivity index (χ4n) is 11.0. The second kappa shape index (κ2) is 29.9. The minimum atomic E-state index is -1.79. The molecule has 5 aromatic carbocycles. The summed E-state index contributed by atoms with van der Waals surface area (Å²) in [5.41, 5.74) is 2.88. The summed E-state index contributed by atoms with van der Waals surface area (Å²) >= 11 is 0. The van der Waals surface area contributed by atoms with E-state index in [1.807, 2.05) is 159 Å². The molecule has 0 radical (unpaired) electrons. The summed E-state index contributed by atoms with van der Waals surface area (Å²) in [6.45, 7) is 10.9. The van der Waals surface area contributed by atoms with Gasteiger partial charge in [-0.25, -0.2) is 0 Å². The van der Waals surface area contributed by atoms with Crippen molar-refractivity contribution < 1.29 is 81.0 Å². The van der Waals surface area contributed by atoms with Crippen molar-refractivity contribution in [1.82, 2.24) is 5.32 Å². The Kier molecular flexibility index (Phi) is 22.0. The normalized spacial score (nSPS) is 30.6. The van der Waals surface area contributed by atoms with E-state index >= 15 is 0 Å². The number of rotatable bonds is 27. The molecule has 1 amide bonds. The van der Waals surface area contributed by atoms with Gasteiger partial charge in [0.2, 0.25) is 12.2 Å². The molecular formula is C66H81NO17Si. The molecule has 3 N–H and O–H groups in total. The Morgan fingerprint density at radius 3 is 1.62 bits per heavy atom. The van der Waals surface area contributed by atoms with Gasteiger partial charge in [-0.05, 0) is 52.9 Å². The summed E-state index contributed by atoms with van der Waals surface area (Å²) in [6, 6.07) is 51.8. The van der Waals surface area contributed by atoms with E-state index in [0.29, 0.717) is 12.4 Å². The Morgan fingerprint density at radius 1 is 0.576 bits per heavy atom. The van der Waals surface area contributed by atoms with Gasteiger partial charge in [0.05, 0.1) is 65.2 Å². The lowest BCUT2D eigenvalue weighted by Crippen LogP contribution is -2.72. The van der Waals surface area contributed by atoms with Gasteiger partial charge in [-0.2, -0.15) is 0 Å². The van der Waals surface area contributed by atoms with Crippen molar-refractivity contribution in [3.8, 4) is 0 Å². The van der Waals surface area contributed by atoms with E-state index in [4.69, 9.17) is 66.0 Å². The van der Waals surface area contributed by atoms with Crippen LogP contribution < -0.4 is 5.32 Å². The van der Waals surface area contributed by atoms with Crippen LogP contribution in [0.4, 0.5) is 0 Å². The van der Waals surface area contributed by atoms with Crippen LogP contribution in [0.3, 0.4) is 0 Å². The van der Waals surface area contributed by atoms with Gasteiger partial charge in [0, 0.05) is 21.6 Å². The van der Waals surface area contributed by atoms with E-state index in [2.05, 4.69) is 25.0 Å². The van der Waals surface area contributed by atoms with Crippen LogP contribution in [0.15, 0.2) is 174 Å². The Morgan fingerprint density at radius 2 is 1.09 bits per heavy atom. The molecule has 19 heteroatoms. The molecule has 1 aromatic heterocycles. The molecule has 85 heavy (non-hydrogen) atoms. The Bertz CT molecular complexity index is 2890. The number of carbonyl (C=O) groups is 1. The summed E-state index contributed by atoms with van der Waals surface area (Å²) in [5, 5.41) is 28.2. The monoisotopic (exact) mass is 1190 g/mol. The second-order valence-electron chi connectivity index (χ2n) is 23.3. The van der Waals surface area contributed by atoms with E-state index in [-0.39, 0.29) is 52.9 Å². The van der Waals surface area contributed by atoms with Crippen LogP contribution in [-0.2, 0) is 99.4 Å². The van der Waals surface area contributed by atoms with E-state index in [1.54, 1.807) is 12.1 Å². The van der Waals surface area contributed by atoms with E-state index in [1.165, 1.54) is 13.2 Å². The van der Waals surface area contributed by atoms with Crippen molar-refractivity contribution >= 4 is 14.0 Å². The Labute approximate surface area is 498 Å². The second-order valence-corrected chi connectivity index (χ2v) is 28.9. The third kappa shape index (κ3) is 16.6. The number of hydrogen-bond acceptors (Lipinski definition) is 17. The lowest BCUT2D eigenvalue weighted by molar-refractivity contribution is -0.387. The number of aliphatic hydroxyl groups excluding tert-OH is 2. The van der Waals surface area contributed by atoms with Crippen LogP contribution in [0.2, 0.25) is 25.7 Å². The summed E-state index contributed by atoms with van der Waals surface area (Å²) in [7, 11) is -1.69. The SMILES string of the molecule is CC(=O)N[C@H]1[C@H](OCC[Si](C)(C)C)O[C@H](COCc2ccccc2)[C@@H](O[C@@H]2O[C@H](COCc3ccccc3)[C@@]3(CO[C@H](c4ccco4)O3)[C@H](O)[C@H]2O)[C@@H]1O[C@@H]1O[C@@H](C)[C@@H](OCc2ccccc2)[C@@H](OCc2ccccc2)[C@@H]1OCc1ccccc1. The van der Waals surface area contributed by atoms with E-state index in [0.717, 1.165) is 33.9 Å². The first-order valence-electron chi connectivity index (χ1n) is 29.3. The van der Waals surface area contributed by atoms with Crippen molar-refractivity contribution in [2.75, 3.05) is 26.4 Å². The van der Waals surface area contributed by atoms with Crippen LogP contribution in [-0.4, -0.2) is 142 Å². The molecule has 16 atom stereocenters. The topological polar surface area (TPSA) is 203 Å². The van der Waals surface area contributed by atoms with E-state index in [9.17, 15) is 15.0 Å². The highest BCUT2D eigenvalue weighted by molar-refractivity contribution is 6.76. The maximum atomic E-state index is 13.7. The molecule has 4 fully saturated rings. The largest absolute Gasteiger partial charge is 0.464 e. The Balaban J connectivity index is 1.04. The molecule has 10 rings (SSSR count). The van der Waals surface area contributed by atoms with Crippen molar-refractivity contribution in [3.05, 3.63) is 204 Å². The Hall–Kier alpha value is -5.53. The average Bonchev–Trinajstić information content (AvgIpc) is 2.15. The number of aliphatic hydroxyl groups is 2. The molecule has 456 valence electrons. The molecule has 6 aromatic rings. The maximum Gasteiger partial charge on any atom is 0.218 e. The number of amides is 1. The number of furan rings is 1. The quantitative estimate of drug-likeness (QED) is 0.0413. The summed E-state index contributed by atoms with van der Waals surface area (Å²) in [4.78, 5) is 13.7. The average molecular weight is 1190 g/mol. The first-order valence-corrected chi connectivity index (χ1v) is 33.1. The van der Waals surface area contributed by atoms with Gasteiger partial charge in [0.25, 0.3) is 0 Å². The number of nitrogens with one attached hydrogen (secondary N) is 1. The zero-order valence-electron chi connectivity index (χ0n) is 48.9. The predicted octanol–water partition coefficient (Wildman–Crippen LogP) is 8.80. The van der Waals surface area contributed by atoms with Crippen LogP contribution >= 0.6 is 0 Å². The lowest BCUT2D eigenvalue weighted by atomic mass is 9.84. The van der Waals surface area contributed by atoms with Gasteiger partial charge in [0.1, 0.15) is 61.0 Å². The molecule has 18 nitrogen and oxygen atoms in total. The van der Waals surface area contributed by atoms with Crippen molar-refractivity contribution in [3.63, 3.8) is 0 Å². The third-order valence-electron chi connectivity index (χ3n) is 15.6. The van der Waals surface area contributed by atoms with Crippen LogP contribution in [0.5, 0.6) is 0 Å². The van der Waals surface area contributed by atoms with Crippen molar-refractivity contribution in [1.29, 1.82) is 0 Å². The molecule has 0 unspecified atom stereocenters. The molecule has 4 saturated heterocycles. The molecular weight excluding hydrogens is 1110 g/mol. The standard InChI is InChI=1S/C66H81NO17Si/c1-44-56(75-38-48-26-15-8-16-27-48)59(76-39-49-28-17-9-18-29-49)60(77-40-50-30-19-10-20-31-50)65(79-44)83-58-54(67-45(2)68)63(74-34-35-85(3,4)5)80-52(41-71-36-46-22-11-6-12-23-46)57(58)82-64-55(69)61(70)66(43-78-62(84-66)51-32-21-33-73-51)53(81-64)42-72-37-47-24-13-7-14-25-47/h6-33,44,52-65,69-70H,34-43H2,1-5H3,(H,67,68)/t44-,52+,53+,54+,55+,56+,57+,58+,59+,60-,61+,62-,63+,64-,65-,66-/m0/s1. The van der Waals surface area contributed by atoms with Crippen molar-refractivity contribution in [2.24, 2.45) is 0 Å². The third-order valence-corrected chi connectivity index (χ3v) is 17.3. The maximum absolute atomic E-state index is 13.7. The summed E-state index contributed by atoms with van der Waals surface area (Å²) in [5.74, 6) is -0.0606. The van der Waals surface area contributed by atoms with Crippen LogP contribution in [0.1, 0.15) is 53.7 Å². The van der Waals surface area contributed by atoms with Gasteiger partial charge in [0.15, 0.2) is 30.2 Å². The smallest absolute Gasteiger partial charge is 0.218 e. The minimum absolute atomic E-state index is 0.102. The first-order chi connectivity index (χ1) is 41.3. The molecule has 4 aliphatic rings. The molecule has 0 saturated carbocycles. The number of ether oxygens (including phenoxy) is 13. The van der Waals surface area contributed by atoms with Crippen LogP contribution in [0, 0.1) is 0 Å². The summed E-state index contributed by atoms with van der Waals surface area (Å²) in [6.07, 6.45) is -15.0. The minimum Gasteiger partial charge on any atom is -0.464 e. The van der Waals surface area contributed by atoms with Crippen molar-refractivity contribution in [2.45, 2.75) is 170 Å². The van der Waals surface area contributed by atoms with Gasteiger partial charge in [-0.1, -0.05) is 171 Å². The molecule has 4 aliphatic heterocycles. The first kappa shape index (κ1) is 62.5. The van der Waals surface area contributed by atoms with Gasteiger partial charge in [-0.3, -0.25) is 4.79 Å². The highest BCUT2D eigenvalue weighted by atomic mass is 28.3. The fourth-order valence-corrected chi connectivity index (χ4v) is 11.8. The highest BCUT2D eigenvalue weighted by Gasteiger charge is 2.63. The van der Waals surface area contributed by atoms with Gasteiger partial charge < -0.3 is 81.5 Å². The van der Waals surface area contributed by atoms with Gasteiger partial charge in [-0.15, -0.1) is 0 Å². The zero-order chi connectivity index (χ0) is 59.2. The van der Waals surface area contributed by atoms with Crippen LogP contribution in [0.25, 0.3) is 0 Å².